The molecule has 6 heteroatoms. The Morgan fingerprint density at radius 3 is 2.89 bits per heavy atom. The Bertz CT molecular complexity index is 592. The van der Waals surface area contributed by atoms with Crippen molar-refractivity contribution in [3.05, 3.63) is 48.2 Å². The van der Waals surface area contributed by atoms with Gasteiger partial charge < -0.3 is 4.74 Å². The van der Waals surface area contributed by atoms with Crippen LogP contribution in [0.4, 0.5) is 4.39 Å². The topological polar surface area (TPSA) is 52.1 Å². The van der Waals surface area contributed by atoms with Crippen LogP contribution in [0.25, 0.3) is 0 Å². The average molecular weight is 278 g/mol. The zero-order chi connectivity index (χ0) is 13.7. The van der Waals surface area contributed by atoms with Crippen LogP contribution in [0, 0.1) is 5.82 Å². The van der Waals surface area contributed by atoms with Gasteiger partial charge in [-0.1, -0.05) is 6.07 Å². The number of methoxy groups -OCH3 is 1. The Balaban J connectivity index is 2.05. The average Bonchev–Trinajstić information content (AvgIpc) is 2.45. The van der Waals surface area contributed by atoms with E-state index in [1.807, 2.05) is 0 Å². The van der Waals surface area contributed by atoms with Gasteiger partial charge in [0.15, 0.2) is 11.5 Å². The van der Waals surface area contributed by atoms with Crippen molar-refractivity contribution in [3.63, 3.8) is 0 Å². The summed E-state index contributed by atoms with van der Waals surface area (Å²) in [5.74, 6) is -0.181. The van der Waals surface area contributed by atoms with Crippen molar-refractivity contribution < 1.29 is 13.9 Å². The molecule has 0 aliphatic carbocycles. The largest absolute Gasteiger partial charge is 0.479 e. The minimum atomic E-state index is -0.325. The zero-order valence-corrected chi connectivity index (χ0v) is 11.0. The minimum Gasteiger partial charge on any atom is -0.479 e. The number of Topliss-reactive ketones (excluding diaryl/α,β-unsaturated/α-hetero) is 1. The van der Waals surface area contributed by atoms with Gasteiger partial charge >= 0.3 is 0 Å². The molecule has 19 heavy (non-hydrogen) atoms. The van der Waals surface area contributed by atoms with E-state index < -0.39 is 0 Å². The summed E-state index contributed by atoms with van der Waals surface area (Å²) in [5, 5.41) is 0. The molecule has 0 N–H and O–H groups in total. The summed E-state index contributed by atoms with van der Waals surface area (Å²) in [4.78, 5) is 20.5. The van der Waals surface area contributed by atoms with Crippen LogP contribution in [0.5, 0.6) is 5.88 Å². The van der Waals surface area contributed by atoms with Crippen molar-refractivity contribution in [1.29, 1.82) is 0 Å². The number of nitrogens with zero attached hydrogens (tertiary/aromatic N) is 2. The summed E-state index contributed by atoms with van der Waals surface area (Å²) in [6.07, 6.45) is 2.89. The molecular formula is C13H11FN2O2S. The minimum absolute atomic E-state index is 0.151. The van der Waals surface area contributed by atoms with E-state index in [0.717, 1.165) is 0 Å². The van der Waals surface area contributed by atoms with Crippen molar-refractivity contribution >= 4 is 17.5 Å². The molecule has 1 heterocycles. The molecule has 0 radical (unpaired) electrons. The van der Waals surface area contributed by atoms with Crippen LogP contribution < -0.4 is 4.74 Å². The first kappa shape index (κ1) is 13.5. The third kappa shape index (κ3) is 3.51. The van der Waals surface area contributed by atoms with Crippen molar-refractivity contribution in [2.24, 2.45) is 0 Å². The summed E-state index contributed by atoms with van der Waals surface area (Å²) in [5.41, 5.74) is 0.189. The Morgan fingerprint density at radius 1 is 1.37 bits per heavy atom. The number of hydrogen-bond donors (Lipinski definition) is 0. The first-order valence-corrected chi connectivity index (χ1v) is 6.46. The van der Waals surface area contributed by atoms with Crippen LogP contribution in [0.1, 0.15) is 10.5 Å². The van der Waals surface area contributed by atoms with Gasteiger partial charge in [-0.3, -0.25) is 4.79 Å². The van der Waals surface area contributed by atoms with Gasteiger partial charge in [-0.25, -0.2) is 14.4 Å². The lowest BCUT2D eigenvalue weighted by atomic mass is 10.3. The van der Waals surface area contributed by atoms with Gasteiger partial charge in [0, 0.05) is 17.3 Å². The Kier molecular flexibility index (Phi) is 4.46. The first-order chi connectivity index (χ1) is 9.20. The van der Waals surface area contributed by atoms with E-state index in [9.17, 15) is 9.18 Å². The van der Waals surface area contributed by atoms with Gasteiger partial charge in [0.05, 0.1) is 12.9 Å². The summed E-state index contributed by atoms with van der Waals surface area (Å²) >= 11 is 1.24. The van der Waals surface area contributed by atoms with Crippen LogP contribution in [-0.2, 0) is 0 Å². The van der Waals surface area contributed by atoms with E-state index in [1.54, 1.807) is 12.1 Å². The highest BCUT2D eigenvalue weighted by Crippen LogP contribution is 2.21. The summed E-state index contributed by atoms with van der Waals surface area (Å²) < 4.78 is 18.0. The molecule has 1 aromatic carbocycles. The fourth-order valence-electron chi connectivity index (χ4n) is 1.44. The number of ether oxygens (including phenoxy) is 1. The number of thioether (sulfide) groups is 1. The molecule has 0 atom stereocenters. The molecule has 0 unspecified atom stereocenters. The summed E-state index contributed by atoms with van der Waals surface area (Å²) in [7, 11) is 1.43. The number of hydrogen-bond acceptors (Lipinski definition) is 5. The van der Waals surface area contributed by atoms with Gasteiger partial charge in [0.25, 0.3) is 0 Å². The number of rotatable bonds is 5. The molecular weight excluding hydrogens is 267 g/mol. The second-order valence-corrected chi connectivity index (χ2v) is 4.63. The number of carbonyl (C=O) groups excluding carboxylic acids is 1. The van der Waals surface area contributed by atoms with Gasteiger partial charge in [0.2, 0.25) is 5.88 Å². The molecule has 0 bridgehead atoms. The fourth-order valence-corrected chi connectivity index (χ4v) is 2.25. The van der Waals surface area contributed by atoms with Crippen molar-refractivity contribution in [1.82, 2.24) is 9.97 Å². The maximum atomic E-state index is 13.0. The highest BCUT2D eigenvalue weighted by atomic mass is 32.2. The van der Waals surface area contributed by atoms with Gasteiger partial charge in [-0.15, -0.1) is 11.8 Å². The van der Waals surface area contributed by atoms with Crippen molar-refractivity contribution in [2.45, 2.75) is 4.90 Å². The summed E-state index contributed by atoms with van der Waals surface area (Å²) in [6.45, 7) is 0. The van der Waals surface area contributed by atoms with Crippen LogP contribution in [0.15, 0.2) is 41.6 Å². The predicted molar refractivity (Wildman–Crippen MR) is 70.0 cm³/mol. The lowest BCUT2D eigenvalue weighted by molar-refractivity contribution is 0.101. The lowest BCUT2D eigenvalue weighted by Crippen LogP contribution is -2.08. The molecule has 0 aliphatic rings. The van der Waals surface area contributed by atoms with Crippen LogP contribution in [0.2, 0.25) is 0 Å². The zero-order valence-electron chi connectivity index (χ0n) is 10.2. The molecule has 0 amide bonds. The number of halogens is 1. The molecule has 4 nitrogen and oxygen atoms in total. The maximum absolute atomic E-state index is 13.0. The molecule has 0 saturated heterocycles. The van der Waals surface area contributed by atoms with Crippen molar-refractivity contribution in [2.75, 3.05) is 12.9 Å². The third-order valence-electron chi connectivity index (χ3n) is 2.29. The van der Waals surface area contributed by atoms with E-state index in [2.05, 4.69) is 9.97 Å². The molecule has 0 fully saturated rings. The highest BCUT2D eigenvalue weighted by molar-refractivity contribution is 8.00. The number of carbonyl (C=O) groups is 1. The number of aromatic nitrogens is 2. The van der Waals surface area contributed by atoms with Crippen LogP contribution in [-0.4, -0.2) is 28.6 Å². The summed E-state index contributed by atoms with van der Waals surface area (Å²) in [6, 6.07) is 6.09. The highest BCUT2D eigenvalue weighted by Gasteiger charge is 2.15. The molecule has 0 spiro atoms. The van der Waals surface area contributed by atoms with Crippen molar-refractivity contribution in [3.8, 4) is 5.88 Å². The normalized spacial score (nSPS) is 10.2. The van der Waals surface area contributed by atoms with E-state index in [4.69, 9.17) is 4.74 Å². The van der Waals surface area contributed by atoms with E-state index in [1.165, 1.54) is 43.4 Å². The van der Waals surface area contributed by atoms with Gasteiger partial charge in [-0.05, 0) is 18.2 Å². The van der Waals surface area contributed by atoms with E-state index >= 15 is 0 Å². The van der Waals surface area contributed by atoms with E-state index in [-0.39, 0.29) is 28.9 Å². The molecule has 2 aromatic rings. The lowest BCUT2D eigenvalue weighted by Gasteiger charge is -2.04. The Labute approximate surface area is 114 Å². The van der Waals surface area contributed by atoms with Crippen LogP contribution >= 0.6 is 11.8 Å². The maximum Gasteiger partial charge on any atom is 0.243 e. The first-order valence-electron chi connectivity index (χ1n) is 5.47. The second-order valence-electron chi connectivity index (χ2n) is 3.58. The molecule has 98 valence electrons. The Morgan fingerprint density at radius 2 is 2.16 bits per heavy atom. The molecule has 1 aromatic heterocycles. The van der Waals surface area contributed by atoms with Gasteiger partial charge in [0.1, 0.15) is 5.82 Å². The molecule has 0 saturated carbocycles. The number of benzene rings is 1. The monoisotopic (exact) mass is 278 g/mol. The van der Waals surface area contributed by atoms with E-state index in [0.29, 0.717) is 4.90 Å². The predicted octanol–water partition coefficient (Wildman–Crippen LogP) is 2.60. The van der Waals surface area contributed by atoms with Gasteiger partial charge in [-0.2, -0.15) is 0 Å². The number of ketones is 1. The molecule has 2 rings (SSSR count). The Hall–Kier alpha value is -1.95. The quantitative estimate of drug-likeness (QED) is 0.621. The smallest absolute Gasteiger partial charge is 0.243 e. The fraction of sp³-hybridized carbons (Fsp3) is 0.154. The SMILES string of the molecule is COc1nccnc1C(=O)CSc1cccc(F)c1. The van der Waals surface area contributed by atoms with Crippen LogP contribution in [0.3, 0.4) is 0 Å². The second kappa shape index (κ2) is 6.29. The standard InChI is InChI=1S/C13H11FN2O2S/c1-18-13-12(15-5-6-16-13)11(17)8-19-10-4-2-3-9(14)7-10/h2-7H,8H2,1H3. The molecule has 0 aliphatic heterocycles. The third-order valence-corrected chi connectivity index (χ3v) is 3.28.